The van der Waals surface area contributed by atoms with Crippen LogP contribution in [-0.2, 0) is 16.4 Å². The molecule has 5 N–H and O–H groups in total. The molecule has 0 saturated carbocycles. The van der Waals surface area contributed by atoms with E-state index >= 15 is 0 Å². The van der Waals surface area contributed by atoms with Crippen LogP contribution in [0.4, 0.5) is 13.2 Å². The minimum atomic E-state index is -5.06. The van der Waals surface area contributed by atoms with Gasteiger partial charge < -0.3 is 20.1 Å². The van der Waals surface area contributed by atoms with E-state index in [1.807, 2.05) is 24.3 Å². The van der Waals surface area contributed by atoms with Gasteiger partial charge in [0.25, 0.3) is 5.91 Å². The van der Waals surface area contributed by atoms with E-state index in [4.69, 9.17) is 5.14 Å². The van der Waals surface area contributed by atoms with E-state index in [1.54, 1.807) is 13.1 Å². The SMILES string of the molecule is CC(CO)(Cc1c[nH]c2ccccc12)NC(=O)c1cc(-c2ccc(S(N)(=O)=O)cc2)ccc1OC(F)(F)F. The van der Waals surface area contributed by atoms with Gasteiger partial charge in [0.1, 0.15) is 5.75 Å². The number of fused-ring (bicyclic) bond motifs is 1. The number of carbonyl (C=O) groups excluding carboxylic acids is 1. The molecule has 0 fully saturated rings. The van der Waals surface area contributed by atoms with Crippen LogP contribution in [0.3, 0.4) is 0 Å². The Balaban J connectivity index is 1.68. The lowest BCUT2D eigenvalue weighted by Crippen LogP contribution is -2.50. The largest absolute Gasteiger partial charge is 0.573 e. The van der Waals surface area contributed by atoms with Crippen molar-refractivity contribution in [3.63, 3.8) is 0 Å². The number of sulfonamides is 1. The third-order valence-electron chi connectivity index (χ3n) is 5.99. The lowest BCUT2D eigenvalue weighted by Gasteiger charge is -2.29. The molecule has 0 aliphatic carbocycles. The van der Waals surface area contributed by atoms with Gasteiger partial charge in [-0.3, -0.25) is 4.79 Å². The zero-order valence-corrected chi connectivity index (χ0v) is 20.9. The number of ether oxygens (including phenoxy) is 1. The summed E-state index contributed by atoms with van der Waals surface area (Å²) in [5.41, 5.74) is 0.754. The second-order valence-corrected chi connectivity index (χ2v) is 10.6. The van der Waals surface area contributed by atoms with Crippen molar-refractivity contribution < 1.29 is 36.2 Å². The van der Waals surface area contributed by atoms with Gasteiger partial charge in [0.05, 0.1) is 22.6 Å². The lowest BCUT2D eigenvalue weighted by molar-refractivity contribution is -0.274. The maximum Gasteiger partial charge on any atom is 0.573 e. The van der Waals surface area contributed by atoms with Crippen LogP contribution in [-0.4, -0.2) is 42.9 Å². The number of halogens is 3. The van der Waals surface area contributed by atoms with Crippen molar-refractivity contribution in [3.05, 3.63) is 84.1 Å². The van der Waals surface area contributed by atoms with Gasteiger partial charge in [0, 0.05) is 17.1 Å². The number of aliphatic hydroxyl groups is 1. The second kappa shape index (κ2) is 10.1. The van der Waals surface area contributed by atoms with Crippen LogP contribution >= 0.6 is 0 Å². The molecule has 0 aliphatic rings. The van der Waals surface area contributed by atoms with Crippen LogP contribution in [0.15, 0.2) is 77.8 Å². The van der Waals surface area contributed by atoms with Gasteiger partial charge in [0.15, 0.2) is 0 Å². The number of benzene rings is 3. The number of hydrogen-bond acceptors (Lipinski definition) is 5. The van der Waals surface area contributed by atoms with Crippen LogP contribution in [0, 0.1) is 0 Å². The first-order valence-corrected chi connectivity index (χ1v) is 12.8. The highest BCUT2D eigenvalue weighted by Gasteiger charge is 2.34. The van der Waals surface area contributed by atoms with Crippen LogP contribution in [0.2, 0.25) is 0 Å². The number of para-hydroxylation sites is 1. The fourth-order valence-corrected chi connectivity index (χ4v) is 4.63. The van der Waals surface area contributed by atoms with Gasteiger partial charge in [-0.1, -0.05) is 36.4 Å². The maximum absolute atomic E-state index is 13.3. The first-order chi connectivity index (χ1) is 17.8. The number of H-pyrrole nitrogens is 1. The normalized spacial score (nSPS) is 13.7. The van der Waals surface area contributed by atoms with Gasteiger partial charge in [0.2, 0.25) is 10.0 Å². The van der Waals surface area contributed by atoms with Crippen molar-refractivity contribution >= 4 is 26.8 Å². The van der Waals surface area contributed by atoms with E-state index in [0.717, 1.165) is 22.5 Å². The summed E-state index contributed by atoms with van der Waals surface area (Å²) in [6.45, 7) is 1.08. The number of nitrogens with one attached hydrogen (secondary N) is 2. The van der Waals surface area contributed by atoms with Crippen LogP contribution in [0.25, 0.3) is 22.0 Å². The lowest BCUT2D eigenvalue weighted by atomic mass is 9.92. The molecular weight excluding hydrogens is 523 g/mol. The summed E-state index contributed by atoms with van der Waals surface area (Å²) in [4.78, 5) is 16.3. The zero-order valence-electron chi connectivity index (χ0n) is 20.0. The molecule has 8 nitrogen and oxygen atoms in total. The van der Waals surface area contributed by atoms with Crippen LogP contribution in [0.1, 0.15) is 22.8 Å². The summed E-state index contributed by atoms with van der Waals surface area (Å²) in [7, 11) is -3.94. The molecule has 0 spiro atoms. The average Bonchev–Trinajstić information content (AvgIpc) is 3.25. The predicted molar refractivity (Wildman–Crippen MR) is 135 cm³/mol. The highest BCUT2D eigenvalue weighted by atomic mass is 32.2. The minimum absolute atomic E-state index is 0.146. The molecule has 1 unspecified atom stereocenters. The fourth-order valence-electron chi connectivity index (χ4n) is 4.12. The van der Waals surface area contributed by atoms with Crippen molar-refractivity contribution in [2.24, 2.45) is 5.14 Å². The molecule has 4 aromatic rings. The number of amides is 1. The van der Waals surface area contributed by atoms with Crippen molar-refractivity contribution in [2.75, 3.05) is 6.61 Å². The molecule has 12 heteroatoms. The van der Waals surface area contributed by atoms with Crippen LogP contribution < -0.4 is 15.2 Å². The number of hydrogen-bond donors (Lipinski definition) is 4. The van der Waals surface area contributed by atoms with Crippen molar-refractivity contribution in [1.82, 2.24) is 10.3 Å². The Morgan fingerprint density at radius 3 is 2.34 bits per heavy atom. The molecule has 3 aromatic carbocycles. The van der Waals surface area contributed by atoms with E-state index in [2.05, 4.69) is 15.0 Å². The molecule has 0 aliphatic heterocycles. The van der Waals surface area contributed by atoms with E-state index < -0.39 is 45.8 Å². The Morgan fingerprint density at radius 1 is 1.05 bits per heavy atom. The maximum atomic E-state index is 13.3. The number of carbonyl (C=O) groups is 1. The van der Waals surface area contributed by atoms with Gasteiger partial charge in [-0.05, 0) is 60.4 Å². The highest BCUT2D eigenvalue weighted by molar-refractivity contribution is 7.89. The number of aromatic nitrogens is 1. The topological polar surface area (TPSA) is 135 Å². The first kappa shape index (κ1) is 27.2. The van der Waals surface area contributed by atoms with E-state index in [9.17, 15) is 31.5 Å². The third kappa shape index (κ3) is 6.15. The Labute approximate surface area is 216 Å². The monoisotopic (exact) mass is 547 g/mol. The van der Waals surface area contributed by atoms with Crippen molar-refractivity contribution in [1.29, 1.82) is 0 Å². The highest BCUT2D eigenvalue weighted by Crippen LogP contribution is 2.32. The molecule has 1 heterocycles. The molecule has 0 radical (unpaired) electrons. The Hall–Kier alpha value is -3.87. The van der Waals surface area contributed by atoms with Gasteiger partial charge in [-0.25, -0.2) is 13.6 Å². The van der Waals surface area contributed by atoms with Gasteiger partial charge in [-0.15, -0.1) is 13.2 Å². The summed E-state index contributed by atoms with van der Waals surface area (Å²) in [5.74, 6) is -1.63. The number of alkyl halides is 3. The third-order valence-corrected chi connectivity index (χ3v) is 6.92. The Bertz CT molecular complexity index is 1580. The standard InChI is InChI=1S/C26H24F3N3O5S/c1-25(15-33,13-18-14-31-22-5-3-2-4-20(18)22)32-24(34)21-12-17(8-11-23(21)37-26(27,28)29)16-6-9-19(10-7-16)38(30,35)36/h2-12,14,31,33H,13,15H2,1H3,(H,32,34)(H2,30,35,36). The number of aromatic amines is 1. The fraction of sp³-hybridized carbons (Fsp3) is 0.192. The number of aliphatic hydroxyl groups excluding tert-OH is 1. The molecule has 1 atom stereocenters. The van der Waals surface area contributed by atoms with Gasteiger partial charge >= 0.3 is 6.36 Å². The number of primary sulfonamides is 1. The smallest absolute Gasteiger partial charge is 0.405 e. The van der Waals surface area contributed by atoms with E-state index in [1.165, 1.54) is 36.4 Å². The summed E-state index contributed by atoms with van der Waals surface area (Å²) in [6.07, 6.45) is -3.13. The number of rotatable bonds is 8. The summed E-state index contributed by atoms with van der Waals surface area (Å²) in [5, 5.41) is 18.8. The summed E-state index contributed by atoms with van der Waals surface area (Å²) < 4.78 is 66.5. The molecule has 38 heavy (non-hydrogen) atoms. The molecule has 1 aromatic heterocycles. The zero-order chi connectivity index (χ0) is 27.7. The number of nitrogens with two attached hydrogens (primary N) is 1. The molecular formula is C26H24F3N3O5S. The van der Waals surface area contributed by atoms with Gasteiger partial charge in [-0.2, -0.15) is 0 Å². The quantitative estimate of drug-likeness (QED) is 0.264. The Morgan fingerprint density at radius 2 is 1.71 bits per heavy atom. The molecule has 1 amide bonds. The van der Waals surface area contributed by atoms with E-state index in [-0.39, 0.29) is 11.3 Å². The second-order valence-electron chi connectivity index (χ2n) is 9.04. The van der Waals surface area contributed by atoms with E-state index in [0.29, 0.717) is 11.1 Å². The predicted octanol–water partition coefficient (Wildman–Crippen LogP) is 4.10. The van der Waals surface area contributed by atoms with Crippen molar-refractivity contribution in [2.45, 2.75) is 30.1 Å². The van der Waals surface area contributed by atoms with Crippen molar-refractivity contribution in [3.8, 4) is 16.9 Å². The first-order valence-electron chi connectivity index (χ1n) is 11.3. The molecule has 200 valence electrons. The molecule has 0 bridgehead atoms. The summed E-state index contributed by atoms with van der Waals surface area (Å²) in [6, 6.07) is 16.3. The average molecular weight is 548 g/mol. The summed E-state index contributed by atoms with van der Waals surface area (Å²) >= 11 is 0. The minimum Gasteiger partial charge on any atom is -0.405 e. The molecule has 4 rings (SSSR count). The van der Waals surface area contributed by atoms with Crippen LogP contribution in [0.5, 0.6) is 5.75 Å². The molecule has 0 saturated heterocycles. The Kier molecular flexibility index (Phi) is 7.24.